The highest BCUT2D eigenvalue weighted by atomic mass is 79.9. The van der Waals surface area contributed by atoms with Gasteiger partial charge in [0.05, 0.1) is 4.92 Å². The summed E-state index contributed by atoms with van der Waals surface area (Å²) in [6.07, 6.45) is 0. The molecule has 0 radical (unpaired) electrons. The van der Waals surface area contributed by atoms with Crippen LogP contribution in [0.4, 0.5) is 5.69 Å². The molecule has 0 saturated heterocycles. The predicted molar refractivity (Wildman–Crippen MR) is 73.0 cm³/mol. The zero-order chi connectivity index (χ0) is 13.1. The van der Waals surface area contributed by atoms with Gasteiger partial charge >= 0.3 is 0 Å². The third-order valence-corrected chi connectivity index (χ3v) is 4.16. The normalized spacial score (nSPS) is 10.3. The van der Waals surface area contributed by atoms with Gasteiger partial charge in [-0.05, 0) is 40.2 Å². The van der Waals surface area contributed by atoms with Crippen molar-refractivity contribution in [3.63, 3.8) is 0 Å². The molecule has 0 saturated carbocycles. The summed E-state index contributed by atoms with van der Waals surface area (Å²) in [7, 11) is 0. The molecule has 6 heteroatoms. The minimum absolute atomic E-state index is 0.0436. The van der Waals surface area contributed by atoms with E-state index in [0.29, 0.717) is 4.47 Å². The van der Waals surface area contributed by atoms with Gasteiger partial charge in [0.2, 0.25) is 0 Å². The molecular formula is C12H8BrNO3S. The molecule has 0 heterocycles. The molecule has 0 atom stereocenters. The van der Waals surface area contributed by atoms with Gasteiger partial charge in [0.15, 0.2) is 0 Å². The van der Waals surface area contributed by atoms with Crippen molar-refractivity contribution in [2.45, 2.75) is 9.79 Å². The molecule has 0 aliphatic carbocycles. The molecule has 0 aliphatic rings. The molecule has 1 N–H and O–H groups in total. The third kappa shape index (κ3) is 3.02. The van der Waals surface area contributed by atoms with Crippen LogP contribution in [0.25, 0.3) is 0 Å². The Balaban J connectivity index is 2.27. The molecule has 18 heavy (non-hydrogen) atoms. The maximum absolute atomic E-state index is 10.6. The molecule has 2 aromatic carbocycles. The predicted octanol–water partition coefficient (Wildman–Crippen LogP) is 4.21. The molecule has 0 aromatic heterocycles. The molecular weight excluding hydrogens is 318 g/mol. The van der Waals surface area contributed by atoms with Crippen LogP contribution in [0.15, 0.2) is 56.7 Å². The lowest BCUT2D eigenvalue weighted by atomic mass is 10.3. The largest absolute Gasteiger partial charge is 0.508 e. The van der Waals surface area contributed by atoms with Crippen molar-refractivity contribution >= 4 is 33.4 Å². The van der Waals surface area contributed by atoms with E-state index in [1.807, 2.05) is 6.07 Å². The second-order valence-corrected chi connectivity index (χ2v) is 5.44. The lowest BCUT2D eigenvalue weighted by Gasteiger charge is -2.04. The Morgan fingerprint density at radius 1 is 1.22 bits per heavy atom. The van der Waals surface area contributed by atoms with Crippen molar-refractivity contribution < 1.29 is 10.0 Å². The zero-order valence-corrected chi connectivity index (χ0v) is 11.4. The fraction of sp³-hybridized carbons (Fsp3) is 0. The van der Waals surface area contributed by atoms with Crippen LogP contribution in [-0.4, -0.2) is 10.0 Å². The van der Waals surface area contributed by atoms with E-state index < -0.39 is 4.92 Å². The van der Waals surface area contributed by atoms with E-state index in [4.69, 9.17) is 0 Å². The van der Waals surface area contributed by atoms with Gasteiger partial charge in [-0.25, -0.2) is 0 Å². The van der Waals surface area contributed by atoms with E-state index in [-0.39, 0.29) is 11.4 Å². The third-order valence-electron chi connectivity index (χ3n) is 2.17. The molecule has 0 amide bonds. The average molecular weight is 326 g/mol. The SMILES string of the molecule is O=[N+]([O-])c1ccc(Sc2cccc(O)c2)c(Br)c1. The van der Waals surface area contributed by atoms with Crippen molar-refractivity contribution in [2.75, 3.05) is 0 Å². The van der Waals surface area contributed by atoms with E-state index in [9.17, 15) is 15.2 Å². The summed E-state index contributed by atoms with van der Waals surface area (Å²) in [5.41, 5.74) is 0.0436. The number of rotatable bonds is 3. The number of hydrogen-bond acceptors (Lipinski definition) is 4. The highest BCUT2D eigenvalue weighted by molar-refractivity contribution is 9.10. The summed E-state index contributed by atoms with van der Waals surface area (Å²) < 4.78 is 0.657. The van der Waals surface area contributed by atoms with Gasteiger partial charge in [0.1, 0.15) is 5.75 Å². The van der Waals surface area contributed by atoms with Crippen LogP contribution in [0.1, 0.15) is 0 Å². The number of phenolic OH excluding ortho intramolecular Hbond substituents is 1. The Labute approximate surface area is 116 Å². The average Bonchev–Trinajstić information content (AvgIpc) is 2.31. The summed E-state index contributed by atoms with van der Waals surface area (Å²) in [5, 5.41) is 20.0. The maximum atomic E-state index is 10.6. The Kier molecular flexibility index (Phi) is 3.88. The van der Waals surface area contributed by atoms with Crippen molar-refractivity contribution in [1.82, 2.24) is 0 Å². The second-order valence-electron chi connectivity index (χ2n) is 3.47. The van der Waals surface area contributed by atoms with Gasteiger partial charge in [0, 0.05) is 26.4 Å². The molecule has 0 spiro atoms. The lowest BCUT2D eigenvalue weighted by molar-refractivity contribution is -0.385. The van der Waals surface area contributed by atoms with E-state index in [2.05, 4.69) is 15.9 Å². The number of nitrogens with zero attached hydrogens (tertiary/aromatic N) is 1. The first-order valence-electron chi connectivity index (χ1n) is 4.97. The minimum atomic E-state index is -0.437. The molecule has 2 rings (SSSR count). The van der Waals surface area contributed by atoms with Crippen LogP contribution >= 0.6 is 27.7 Å². The fourth-order valence-electron chi connectivity index (χ4n) is 1.36. The number of phenols is 1. The molecule has 92 valence electrons. The summed E-state index contributed by atoms with van der Waals surface area (Å²) in [6, 6.07) is 11.4. The first kappa shape index (κ1) is 12.9. The smallest absolute Gasteiger partial charge is 0.270 e. The quantitative estimate of drug-likeness (QED) is 0.678. The summed E-state index contributed by atoms with van der Waals surface area (Å²) in [4.78, 5) is 11.9. The number of benzene rings is 2. The first-order valence-corrected chi connectivity index (χ1v) is 6.58. The van der Waals surface area contributed by atoms with Gasteiger partial charge in [0.25, 0.3) is 5.69 Å². The van der Waals surface area contributed by atoms with Gasteiger partial charge in [-0.3, -0.25) is 10.1 Å². The number of halogens is 1. The minimum Gasteiger partial charge on any atom is -0.508 e. The molecule has 2 aromatic rings. The Bertz CT molecular complexity index is 604. The zero-order valence-electron chi connectivity index (χ0n) is 9.04. The number of hydrogen-bond donors (Lipinski definition) is 1. The monoisotopic (exact) mass is 325 g/mol. The number of non-ortho nitro benzene ring substituents is 1. The summed E-state index contributed by atoms with van der Waals surface area (Å²) >= 11 is 4.72. The van der Waals surface area contributed by atoms with Crippen LogP contribution in [-0.2, 0) is 0 Å². The van der Waals surface area contributed by atoms with Crippen molar-refractivity contribution in [3.8, 4) is 5.75 Å². The number of aromatic hydroxyl groups is 1. The van der Waals surface area contributed by atoms with Crippen molar-refractivity contribution in [2.24, 2.45) is 0 Å². The van der Waals surface area contributed by atoms with Crippen LogP contribution in [0.2, 0.25) is 0 Å². The number of nitro benzene ring substituents is 1. The van der Waals surface area contributed by atoms with Crippen molar-refractivity contribution in [1.29, 1.82) is 0 Å². The highest BCUT2D eigenvalue weighted by Gasteiger charge is 2.10. The van der Waals surface area contributed by atoms with E-state index in [0.717, 1.165) is 9.79 Å². The molecule has 4 nitrogen and oxygen atoms in total. The summed E-state index contributed by atoms with van der Waals surface area (Å²) in [6.45, 7) is 0. The van der Waals surface area contributed by atoms with Crippen LogP contribution < -0.4 is 0 Å². The Hall–Kier alpha value is -1.53. The Morgan fingerprint density at radius 2 is 2.00 bits per heavy atom. The van der Waals surface area contributed by atoms with Gasteiger partial charge in [-0.2, -0.15) is 0 Å². The van der Waals surface area contributed by atoms with Crippen LogP contribution in [0.5, 0.6) is 5.75 Å². The second kappa shape index (κ2) is 5.41. The van der Waals surface area contributed by atoms with E-state index in [1.165, 1.54) is 23.9 Å². The number of nitro groups is 1. The molecule has 0 bridgehead atoms. The van der Waals surface area contributed by atoms with Gasteiger partial charge < -0.3 is 5.11 Å². The molecule has 0 fully saturated rings. The summed E-state index contributed by atoms with van der Waals surface area (Å²) in [5.74, 6) is 0.193. The molecule has 0 unspecified atom stereocenters. The van der Waals surface area contributed by atoms with Gasteiger partial charge in [-0.15, -0.1) is 0 Å². The van der Waals surface area contributed by atoms with E-state index >= 15 is 0 Å². The first-order chi connectivity index (χ1) is 8.56. The van der Waals surface area contributed by atoms with E-state index in [1.54, 1.807) is 24.3 Å². The standard InChI is InChI=1S/C12H8BrNO3S/c13-11-6-8(14(16)17)4-5-12(11)18-10-3-1-2-9(15)7-10/h1-7,15H. The topological polar surface area (TPSA) is 63.4 Å². The highest BCUT2D eigenvalue weighted by Crippen LogP contribution is 2.36. The molecule has 0 aliphatic heterocycles. The van der Waals surface area contributed by atoms with Gasteiger partial charge in [-0.1, -0.05) is 17.8 Å². The van der Waals surface area contributed by atoms with Crippen LogP contribution in [0, 0.1) is 10.1 Å². The maximum Gasteiger partial charge on any atom is 0.270 e. The van der Waals surface area contributed by atoms with Crippen molar-refractivity contribution in [3.05, 3.63) is 57.1 Å². The Morgan fingerprint density at radius 3 is 2.61 bits per heavy atom. The van der Waals surface area contributed by atoms with Crippen LogP contribution in [0.3, 0.4) is 0 Å². The fourth-order valence-corrected chi connectivity index (χ4v) is 2.84. The lowest BCUT2D eigenvalue weighted by Crippen LogP contribution is -1.87.